The second-order valence-electron chi connectivity index (χ2n) is 5.13. The average molecular weight is 298 g/mol. The molecule has 0 spiro atoms. The number of aromatic nitrogens is 2. The fourth-order valence-electron chi connectivity index (χ4n) is 2.12. The summed E-state index contributed by atoms with van der Waals surface area (Å²) in [6, 6.07) is 5.97. The van der Waals surface area contributed by atoms with Crippen LogP contribution in [-0.2, 0) is 11.8 Å². The van der Waals surface area contributed by atoms with Crippen molar-refractivity contribution in [3.63, 3.8) is 0 Å². The molecule has 1 aromatic heterocycles. The van der Waals surface area contributed by atoms with Crippen molar-refractivity contribution in [1.82, 2.24) is 9.78 Å². The third-order valence-electron chi connectivity index (χ3n) is 3.54. The van der Waals surface area contributed by atoms with E-state index in [1.54, 1.807) is 7.05 Å². The van der Waals surface area contributed by atoms with E-state index in [0.29, 0.717) is 11.4 Å². The summed E-state index contributed by atoms with van der Waals surface area (Å²) >= 11 is 0. The molecule has 6 heteroatoms. The largest absolute Gasteiger partial charge is 0.483 e. The monoisotopic (exact) mass is 298 g/mol. The molecule has 0 bridgehead atoms. The predicted molar refractivity (Wildman–Crippen MR) is 82.7 cm³/mol. The van der Waals surface area contributed by atoms with Gasteiger partial charge in [-0.05, 0) is 37.5 Å². The number of carbonyl (C=O) groups is 1. The first-order valence-electron chi connectivity index (χ1n) is 6.85. The fourth-order valence-corrected chi connectivity index (χ4v) is 2.12. The predicted octanol–water partition coefficient (Wildman–Crippen LogP) is 2.23. The van der Waals surface area contributed by atoms with Crippen molar-refractivity contribution in [3.05, 3.63) is 40.6 Å². The van der Waals surface area contributed by atoms with Gasteiger partial charge in [-0.2, -0.15) is 10.4 Å². The average Bonchev–Trinajstić information content (AvgIpc) is 2.83. The molecule has 0 saturated carbocycles. The minimum atomic E-state index is -0.333. The lowest BCUT2D eigenvalue weighted by atomic mass is 10.1. The zero-order valence-electron chi connectivity index (χ0n) is 13.1. The van der Waals surface area contributed by atoms with Crippen LogP contribution in [0, 0.1) is 32.1 Å². The smallest absolute Gasteiger partial charge is 0.263 e. The number of nitriles is 1. The Bertz CT molecular complexity index is 756. The highest BCUT2D eigenvalue weighted by molar-refractivity contribution is 5.92. The number of nitrogens with one attached hydrogen (secondary N) is 1. The van der Waals surface area contributed by atoms with E-state index in [0.717, 1.165) is 22.4 Å². The zero-order chi connectivity index (χ0) is 16.3. The van der Waals surface area contributed by atoms with Crippen molar-refractivity contribution in [3.8, 4) is 11.8 Å². The van der Waals surface area contributed by atoms with E-state index < -0.39 is 0 Å². The summed E-state index contributed by atoms with van der Waals surface area (Å²) in [4.78, 5) is 12.0. The molecule has 2 rings (SSSR count). The number of amides is 1. The lowest BCUT2D eigenvalue weighted by Crippen LogP contribution is -2.22. The van der Waals surface area contributed by atoms with E-state index in [2.05, 4.69) is 10.4 Å². The van der Waals surface area contributed by atoms with Crippen molar-refractivity contribution >= 4 is 11.7 Å². The van der Waals surface area contributed by atoms with E-state index in [9.17, 15) is 4.79 Å². The van der Waals surface area contributed by atoms with Gasteiger partial charge in [-0.3, -0.25) is 9.48 Å². The zero-order valence-corrected chi connectivity index (χ0v) is 13.1. The van der Waals surface area contributed by atoms with E-state index in [1.165, 1.54) is 10.9 Å². The molecular weight excluding hydrogens is 280 g/mol. The molecule has 1 amide bonds. The molecule has 1 aromatic carbocycles. The van der Waals surface area contributed by atoms with Gasteiger partial charge in [-0.1, -0.05) is 12.1 Å². The van der Waals surface area contributed by atoms with Crippen molar-refractivity contribution in [1.29, 1.82) is 5.26 Å². The van der Waals surface area contributed by atoms with Crippen LogP contribution >= 0.6 is 0 Å². The van der Waals surface area contributed by atoms with Gasteiger partial charge < -0.3 is 10.1 Å². The first-order valence-corrected chi connectivity index (χ1v) is 6.85. The van der Waals surface area contributed by atoms with Crippen LogP contribution in [0.3, 0.4) is 0 Å². The van der Waals surface area contributed by atoms with Crippen LogP contribution in [0.2, 0.25) is 0 Å². The third-order valence-corrected chi connectivity index (χ3v) is 3.54. The topological polar surface area (TPSA) is 79.9 Å². The third kappa shape index (κ3) is 3.09. The van der Waals surface area contributed by atoms with Crippen molar-refractivity contribution in [2.24, 2.45) is 7.05 Å². The molecule has 0 aliphatic rings. The van der Waals surface area contributed by atoms with Crippen LogP contribution < -0.4 is 10.1 Å². The Morgan fingerprint density at radius 1 is 1.36 bits per heavy atom. The molecule has 0 fully saturated rings. The molecule has 1 N–H and O–H groups in total. The van der Waals surface area contributed by atoms with E-state index >= 15 is 0 Å². The lowest BCUT2D eigenvalue weighted by molar-refractivity contribution is -0.118. The molecule has 0 unspecified atom stereocenters. The molecule has 0 saturated heterocycles. The minimum absolute atomic E-state index is 0.124. The number of carbonyl (C=O) groups excluding carboxylic acids is 1. The Morgan fingerprint density at radius 2 is 2.05 bits per heavy atom. The molecule has 2 aromatic rings. The molecule has 1 heterocycles. The molecule has 0 aliphatic heterocycles. The van der Waals surface area contributed by atoms with Crippen molar-refractivity contribution in [2.75, 3.05) is 11.9 Å². The number of rotatable bonds is 4. The molecule has 114 valence electrons. The quantitative estimate of drug-likeness (QED) is 0.938. The van der Waals surface area contributed by atoms with Crippen molar-refractivity contribution in [2.45, 2.75) is 20.8 Å². The van der Waals surface area contributed by atoms with E-state index in [4.69, 9.17) is 10.00 Å². The molecular formula is C16H18N4O2. The highest BCUT2D eigenvalue weighted by atomic mass is 16.5. The van der Waals surface area contributed by atoms with Crippen LogP contribution in [0.25, 0.3) is 0 Å². The van der Waals surface area contributed by atoms with Crippen molar-refractivity contribution < 1.29 is 9.53 Å². The maximum Gasteiger partial charge on any atom is 0.263 e. The van der Waals surface area contributed by atoms with E-state index in [1.807, 2.05) is 39.0 Å². The van der Waals surface area contributed by atoms with Gasteiger partial charge in [0.1, 0.15) is 23.2 Å². The Balaban J connectivity index is 2.07. The minimum Gasteiger partial charge on any atom is -0.483 e. The molecule has 0 aliphatic carbocycles. The maximum absolute atomic E-state index is 12.0. The molecule has 22 heavy (non-hydrogen) atoms. The summed E-state index contributed by atoms with van der Waals surface area (Å²) in [5.41, 5.74) is 3.43. The number of hydrogen-bond acceptors (Lipinski definition) is 4. The SMILES string of the molecule is Cc1ccc(C)c(OCC(=O)Nc2c(C#N)cnn2C)c1C. The van der Waals surface area contributed by atoms with Gasteiger partial charge in [-0.25, -0.2) is 0 Å². The number of benzene rings is 1. The van der Waals surface area contributed by atoms with Crippen LogP contribution in [0.15, 0.2) is 18.3 Å². The Kier molecular flexibility index (Phi) is 4.47. The van der Waals surface area contributed by atoms with Gasteiger partial charge in [-0.15, -0.1) is 0 Å². The Hall–Kier alpha value is -2.81. The maximum atomic E-state index is 12.0. The summed E-state index contributed by atoms with van der Waals surface area (Å²) in [5.74, 6) is 0.759. The van der Waals surface area contributed by atoms with Gasteiger partial charge in [0.05, 0.1) is 6.20 Å². The summed E-state index contributed by atoms with van der Waals surface area (Å²) in [6.07, 6.45) is 1.41. The van der Waals surface area contributed by atoms with Gasteiger partial charge >= 0.3 is 0 Å². The van der Waals surface area contributed by atoms with Crippen LogP contribution in [0.1, 0.15) is 22.3 Å². The number of ether oxygens (including phenoxy) is 1. The Morgan fingerprint density at radius 3 is 2.73 bits per heavy atom. The lowest BCUT2D eigenvalue weighted by Gasteiger charge is -2.14. The summed E-state index contributed by atoms with van der Waals surface area (Å²) in [5, 5.41) is 15.6. The Labute approximate surface area is 129 Å². The number of anilines is 1. The molecule has 0 atom stereocenters. The fraction of sp³-hybridized carbons (Fsp3) is 0.312. The van der Waals surface area contributed by atoms with Gasteiger partial charge in [0.15, 0.2) is 6.61 Å². The summed E-state index contributed by atoms with van der Waals surface area (Å²) in [6.45, 7) is 5.77. The number of nitrogens with zero attached hydrogens (tertiary/aromatic N) is 3. The standard InChI is InChI=1S/C16H18N4O2/c1-10-5-6-11(2)15(12(10)3)22-9-14(21)19-16-13(7-17)8-18-20(16)4/h5-6,8H,9H2,1-4H3,(H,19,21). The summed E-state index contributed by atoms with van der Waals surface area (Å²) in [7, 11) is 1.66. The van der Waals surface area contributed by atoms with Gasteiger partial charge in [0.25, 0.3) is 5.91 Å². The van der Waals surface area contributed by atoms with E-state index in [-0.39, 0.29) is 12.5 Å². The van der Waals surface area contributed by atoms with Gasteiger partial charge in [0, 0.05) is 7.05 Å². The second-order valence-corrected chi connectivity index (χ2v) is 5.13. The summed E-state index contributed by atoms with van der Waals surface area (Å²) < 4.78 is 7.09. The highest BCUT2D eigenvalue weighted by Gasteiger charge is 2.13. The van der Waals surface area contributed by atoms with Gasteiger partial charge in [0.2, 0.25) is 0 Å². The normalized spacial score (nSPS) is 10.1. The number of aryl methyl sites for hydroxylation is 3. The molecule has 6 nitrogen and oxygen atoms in total. The van der Waals surface area contributed by atoms with Crippen LogP contribution in [-0.4, -0.2) is 22.3 Å². The highest BCUT2D eigenvalue weighted by Crippen LogP contribution is 2.25. The molecule has 0 radical (unpaired) electrons. The first-order chi connectivity index (χ1) is 10.4. The first kappa shape index (κ1) is 15.6. The second kappa shape index (κ2) is 6.31. The van der Waals surface area contributed by atoms with Crippen LogP contribution in [0.4, 0.5) is 5.82 Å². The number of hydrogen-bond donors (Lipinski definition) is 1. The van der Waals surface area contributed by atoms with Crippen LogP contribution in [0.5, 0.6) is 5.75 Å².